The quantitative estimate of drug-likeness (QED) is 0.0193. The molecule has 2 aromatic heterocycles. The summed E-state index contributed by atoms with van der Waals surface area (Å²) >= 11 is 9.99. The lowest BCUT2D eigenvalue weighted by Gasteiger charge is -2.15. The molecule has 0 saturated heterocycles. The highest BCUT2D eigenvalue weighted by molar-refractivity contribution is 7.87. The van der Waals surface area contributed by atoms with E-state index in [2.05, 4.69) is 71.6 Å². The van der Waals surface area contributed by atoms with Crippen LogP contribution in [0.25, 0.3) is 32.3 Å². The first kappa shape index (κ1) is 70.4. The van der Waals surface area contributed by atoms with Crippen LogP contribution in [-0.4, -0.2) is 140 Å². The molecule has 0 amide bonds. The Balaban J connectivity index is 1.05. The lowest BCUT2D eigenvalue weighted by Crippen LogP contribution is -2.06. The van der Waals surface area contributed by atoms with Crippen LogP contribution in [0.3, 0.4) is 0 Å². The minimum atomic E-state index is -5.61. The summed E-state index contributed by atoms with van der Waals surface area (Å²) < 4.78 is 270. The average Bonchev–Trinajstić information content (AvgIpc) is 0.757. The SMILES string of the molecule is O=S(O)c1cccc(Nc2nc(Cl)nc(Nc3cc(S(=O)(=O)O)cc4cc(S(=O)(=O)O)c(N=Nc5cc(Nc6nc(Cl)nc(Nc7cc(S(=O)(=O)O)cc8cc(S(=O)(=O)O)c(N=Nc9ccc%10c(S(=O)(=O)O)cccc%10c9S(=O)(=O)O)c(O)c78)n6)ccc5S(=O)(=O)O)c(O)c34)n2)c1. The fourth-order valence-electron chi connectivity index (χ4n) is 9.07. The summed E-state index contributed by atoms with van der Waals surface area (Å²) in [7, 11) is -37.6. The molecule has 8 aromatic carbocycles. The summed E-state index contributed by atoms with van der Waals surface area (Å²) in [5, 5.41) is 43.7. The van der Waals surface area contributed by atoms with Gasteiger partial charge in [0.15, 0.2) is 22.6 Å². The number of aromatic hydroxyl groups is 2. The molecule has 10 rings (SSSR count). The number of anilines is 8. The topological polar surface area (TPSA) is 633 Å². The molecule has 97 heavy (non-hydrogen) atoms. The van der Waals surface area contributed by atoms with Crippen LogP contribution in [0, 0.1) is 0 Å². The molecule has 0 aliphatic rings. The number of hydrogen-bond donors (Lipinski definition) is 14. The highest BCUT2D eigenvalue weighted by Gasteiger charge is 2.30. The van der Waals surface area contributed by atoms with Crippen molar-refractivity contribution in [2.24, 2.45) is 20.5 Å². The molecule has 506 valence electrons. The fourth-order valence-corrected chi connectivity index (χ4v) is 14.4. The number of fused-ring (bicyclic) bond motifs is 3. The van der Waals surface area contributed by atoms with Gasteiger partial charge in [-0.3, -0.25) is 31.9 Å². The van der Waals surface area contributed by atoms with Gasteiger partial charge in [-0.1, -0.05) is 24.3 Å². The van der Waals surface area contributed by atoms with Gasteiger partial charge in [0.25, 0.3) is 70.8 Å². The maximum absolute atomic E-state index is 13.0. The predicted molar refractivity (Wildman–Crippen MR) is 337 cm³/mol. The second-order valence-electron chi connectivity index (χ2n) is 19.2. The van der Waals surface area contributed by atoms with Crippen LogP contribution in [0.15, 0.2) is 169 Å². The second-order valence-corrected chi connectivity index (χ2v) is 30.6. The standard InChI is InChI=1S/C48H32Cl2N14O25S8/c49-43-55-45(51-21-3-1-4-23(15-21)90(67)68)59-47(57-43)53-31-18-25(92(72,73)74)12-20-14-35(96(84,85)86)39(41(66)37(20)31)64-62-29-16-22(7-10-33(29)94(78,79)80)52-46-56-44(50)58-48(60-46)54-30-17-24(91(69,70)71)11-19-13-34(95(81,82)83)38(40(65)36(19)30)63-61-28-9-8-26-27(42(28)97(87,88)89)5-2-6-32(26)93(75,76)77/h1-18,65-66H,(H,67,68)(H,69,70,71)(H,72,73,74)(H,75,76,77)(H,78,79,80)(H,81,82,83)(H,84,85,86)(H,87,88,89)(H2,51,53,55,57,59)(H2,52,54,56,58,60). The lowest BCUT2D eigenvalue weighted by molar-refractivity contribution is 0.471. The summed E-state index contributed by atoms with van der Waals surface area (Å²) in [6, 6.07) is 15.6. The Hall–Kier alpha value is -9.38. The molecule has 14 N–H and O–H groups in total. The summed E-state index contributed by atoms with van der Waals surface area (Å²) in [4.78, 5) is 15.8. The van der Waals surface area contributed by atoms with Gasteiger partial charge in [0.2, 0.25) is 34.4 Å². The molecule has 0 spiro atoms. The zero-order valence-electron chi connectivity index (χ0n) is 46.5. The number of azo groups is 2. The summed E-state index contributed by atoms with van der Waals surface area (Å²) in [6.45, 7) is 0. The van der Waals surface area contributed by atoms with E-state index < -0.39 is 223 Å². The minimum Gasteiger partial charge on any atom is -0.505 e. The van der Waals surface area contributed by atoms with Crippen LogP contribution in [0.4, 0.5) is 69.3 Å². The number of rotatable bonds is 20. The summed E-state index contributed by atoms with van der Waals surface area (Å²) in [5.74, 6) is -4.99. The zero-order chi connectivity index (χ0) is 71.0. The number of nitrogens with one attached hydrogen (secondary N) is 4. The Kier molecular flexibility index (Phi) is 18.6. The van der Waals surface area contributed by atoms with Crippen LogP contribution in [0.5, 0.6) is 11.5 Å². The molecule has 0 fully saturated rings. The monoisotopic (exact) mass is 1530 g/mol. The number of phenolic OH excluding ortho intramolecular Hbond substituents is 2. The van der Waals surface area contributed by atoms with Gasteiger partial charge in [-0.2, -0.15) is 88.8 Å². The molecule has 39 nitrogen and oxygen atoms in total. The Bertz CT molecular complexity index is 6050. The van der Waals surface area contributed by atoms with E-state index in [1.54, 1.807) is 0 Å². The van der Waals surface area contributed by atoms with Crippen molar-refractivity contribution in [3.8, 4) is 11.5 Å². The Labute approximate surface area is 554 Å². The maximum Gasteiger partial charge on any atom is 0.297 e. The third kappa shape index (κ3) is 15.4. The third-order valence-corrected chi connectivity index (χ3v) is 20.0. The largest absolute Gasteiger partial charge is 0.505 e. The highest BCUT2D eigenvalue weighted by atomic mass is 35.5. The van der Waals surface area contributed by atoms with E-state index in [1.807, 2.05) is 0 Å². The van der Waals surface area contributed by atoms with Crippen LogP contribution < -0.4 is 21.3 Å². The molecule has 1 unspecified atom stereocenters. The average molecular weight is 1530 g/mol. The van der Waals surface area contributed by atoms with Gasteiger partial charge in [0.05, 0.1) is 26.1 Å². The van der Waals surface area contributed by atoms with Crippen LogP contribution in [-0.2, 0) is 81.9 Å². The van der Waals surface area contributed by atoms with E-state index in [-0.39, 0.29) is 22.2 Å². The van der Waals surface area contributed by atoms with Crippen LogP contribution in [0.2, 0.25) is 10.6 Å². The van der Waals surface area contributed by atoms with Crippen molar-refractivity contribution < 1.29 is 110 Å². The van der Waals surface area contributed by atoms with Gasteiger partial charge >= 0.3 is 0 Å². The number of nitrogens with zero attached hydrogens (tertiary/aromatic N) is 10. The fraction of sp³-hybridized carbons (Fsp3) is 0. The molecule has 49 heteroatoms. The maximum atomic E-state index is 13.0. The highest BCUT2D eigenvalue weighted by Crippen LogP contribution is 2.49. The number of halogens is 2. The van der Waals surface area contributed by atoms with Gasteiger partial charge in [0, 0.05) is 32.9 Å². The van der Waals surface area contributed by atoms with Crippen molar-refractivity contribution in [2.45, 2.75) is 39.2 Å². The molecular formula is C48H32Cl2N14O25S8. The second kappa shape index (κ2) is 25.6. The number of aromatic nitrogens is 6. The van der Waals surface area contributed by atoms with Gasteiger partial charge in [0.1, 0.15) is 47.2 Å². The van der Waals surface area contributed by atoms with Gasteiger partial charge in [-0.25, -0.2) is 4.21 Å². The van der Waals surface area contributed by atoms with Crippen LogP contribution in [0.1, 0.15) is 0 Å². The minimum absolute atomic E-state index is 0.0591. The molecule has 0 bridgehead atoms. The van der Waals surface area contributed by atoms with E-state index in [4.69, 9.17) is 23.2 Å². The Morgan fingerprint density at radius 1 is 0.392 bits per heavy atom. The van der Waals surface area contributed by atoms with Gasteiger partial charge in [-0.05, 0) is 119 Å². The van der Waals surface area contributed by atoms with Crippen molar-refractivity contribution in [3.63, 3.8) is 0 Å². The molecule has 10 aromatic rings. The van der Waals surface area contributed by atoms with E-state index in [9.17, 15) is 110 Å². The first-order valence-corrected chi connectivity index (χ1v) is 37.0. The Morgan fingerprint density at radius 2 is 0.825 bits per heavy atom. The van der Waals surface area contributed by atoms with E-state index in [1.165, 1.54) is 24.3 Å². The van der Waals surface area contributed by atoms with Crippen molar-refractivity contribution in [1.29, 1.82) is 0 Å². The van der Waals surface area contributed by atoms with E-state index >= 15 is 0 Å². The number of benzene rings is 8. The molecule has 0 radical (unpaired) electrons. The zero-order valence-corrected chi connectivity index (χ0v) is 54.5. The van der Waals surface area contributed by atoms with Crippen molar-refractivity contribution in [1.82, 2.24) is 29.9 Å². The van der Waals surface area contributed by atoms with E-state index in [0.717, 1.165) is 42.5 Å². The molecule has 1 atom stereocenters. The van der Waals surface area contributed by atoms with Crippen LogP contribution >= 0.6 is 23.2 Å². The number of phenols is 2. The molecular weight excluding hydrogens is 1500 g/mol. The third-order valence-electron chi connectivity index (χ3n) is 12.9. The summed E-state index contributed by atoms with van der Waals surface area (Å²) in [5.41, 5.74) is -5.83. The molecule has 0 saturated carbocycles. The smallest absolute Gasteiger partial charge is 0.297 e. The van der Waals surface area contributed by atoms with E-state index in [0.29, 0.717) is 42.5 Å². The van der Waals surface area contributed by atoms with Gasteiger partial charge < -0.3 is 36.0 Å². The predicted octanol–water partition coefficient (Wildman–Crippen LogP) is 8.35. The number of hydrogen-bond acceptors (Lipinski definition) is 31. The van der Waals surface area contributed by atoms with Crippen molar-refractivity contribution in [3.05, 3.63) is 120 Å². The summed E-state index contributed by atoms with van der Waals surface area (Å²) in [6.07, 6.45) is 0. The van der Waals surface area contributed by atoms with Crippen molar-refractivity contribution >= 4 is 207 Å². The van der Waals surface area contributed by atoms with Crippen molar-refractivity contribution in [2.75, 3.05) is 21.3 Å². The Morgan fingerprint density at radius 3 is 1.26 bits per heavy atom. The molecule has 0 aliphatic carbocycles. The van der Waals surface area contributed by atoms with Gasteiger partial charge in [-0.15, -0.1) is 20.5 Å². The first-order chi connectivity index (χ1) is 44.9. The molecule has 0 aliphatic heterocycles. The molecule has 2 heterocycles. The lowest BCUT2D eigenvalue weighted by atomic mass is 10.1. The first-order valence-electron chi connectivity index (χ1n) is 25.1. The normalized spacial score (nSPS) is 13.2.